The highest BCUT2D eigenvalue weighted by Gasteiger charge is 2.18. The van der Waals surface area contributed by atoms with E-state index in [0.717, 1.165) is 0 Å². The highest BCUT2D eigenvalue weighted by Crippen LogP contribution is 2.40. The molecular formula is C19H20O7. The molecule has 0 saturated carbocycles. The Bertz CT molecular complexity index is 815. The summed E-state index contributed by atoms with van der Waals surface area (Å²) in [4.78, 5) is 11.8. The Morgan fingerprint density at radius 2 is 1.46 bits per heavy atom. The summed E-state index contributed by atoms with van der Waals surface area (Å²) in [6.07, 6.45) is 1.43. The van der Waals surface area contributed by atoms with Crippen molar-refractivity contribution < 1.29 is 34.0 Å². The van der Waals surface area contributed by atoms with Crippen LogP contribution in [0.2, 0.25) is 0 Å². The number of hydrogen-bond acceptors (Lipinski definition) is 6. The molecule has 0 spiro atoms. The maximum atomic E-state index is 11.8. The number of phenolic OH excluding ortho intramolecular Hbond substituents is 1. The number of carboxylic acid groups (broad SMARTS) is 1. The first-order valence-corrected chi connectivity index (χ1v) is 7.57. The van der Waals surface area contributed by atoms with Crippen LogP contribution in [0.3, 0.4) is 0 Å². The molecule has 2 aromatic rings. The fraction of sp³-hybridized carbons (Fsp3) is 0.211. The monoisotopic (exact) mass is 360 g/mol. The first-order valence-electron chi connectivity index (χ1n) is 7.57. The molecule has 0 heterocycles. The number of methoxy groups -OCH3 is 4. The second-order valence-corrected chi connectivity index (χ2v) is 5.21. The Balaban J connectivity index is 2.60. The van der Waals surface area contributed by atoms with Crippen molar-refractivity contribution in [1.82, 2.24) is 0 Å². The van der Waals surface area contributed by atoms with Crippen molar-refractivity contribution in [3.63, 3.8) is 0 Å². The van der Waals surface area contributed by atoms with Crippen LogP contribution in [0.4, 0.5) is 0 Å². The lowest BCUT2D eigenvalue weighted by molar-refractivity contribution is -0.130. The number of phenols is 1. The summed E-state index contributed by atoms with van der Waals surface area (Å²) in [5, 5.41) is 19.5. The van der Waals surface area contributed by atoms with Crippen molar-refractivity contribution in [2.75, 3.05) is 28.4 Å². The van der Waals surface area contributed by atoms with Crippen molar-refractivity contribution in [2.24, 2.45) is 0 Å². The van der Waals surface area contributed by atoms with Crippen LogP contribution in [-0.2, 0) is 4.79 Å². The summed E-state index contributed by atoms with van der Waals surface area (Å²) in [7, 11) is 5.80. The second-order valence-electron chi connectivity index (χ2n) is 5.21. The lowest BCUT2D eigenvalue weighted by atomic mass is 10.0. The van der Waals surface area contributed by atoms with Gasteiger partial charge in [-0.25, -0.2) is 4.79 Å². The smallest absolute Gasteiger partial charge is 0.336 e. The van der Waals surface area contributed by atoms with Crippen molar-refractivity contribution in [2.45, 2.75) is 0 Å². The van der Waals surface area contributed by atoms with Gasteiger partial charge in [0.25, 0.3) is 0 Å². The molecule has 2 N–H and O–H groups in total. The molecule has 26 heavy (non-hydrogen) atoms. The van der Waals surface area contributed by atoms with Crippen molar-refractivity contribution >= 4 is 17.6 Å². The first kappa shape index (κ1) is 19.0. The summed E-state index contributed by atoms with van der Waals surface area (Å²) in [5.41, 5.74) is 0.852. The predicted molar refractivity (Wildman–Crippen MR) is 96.3 cm³/mol. The van der Waals surface area contributed by atoms with Crippen LogP contribution in [0.25, 0.3) is 11.6 Å². The third kappa shape index (κ3) is 3.83. The molecule has 0 atom stereocenters. The van der Waals surface area contributed by atoms with Crippen LogP contribution in [0, 0.1) is 0 Å². The number of carboxylic acids is 1. The van der Waals surface area contributed by atoms with Gasteiger partial charge in [-0.3, -0.25) is 0 Å². The summed E-state index contributed by atoms with van der Waals surface area (Å²) < 4.78 is 20.8. The van der Waals surface area contributed by atoms with Gasteiger partial charge in [-0.15, -0.1) is 0 Å². The average molecular weight is 360 g/mol. The minimum Gasteiger partial charge on any atom is -0.504 e. The normalized spacial score (nSPS) is 11.0. The second kappa shape index (κ2) is 8.15. The van der Waals surface area contributed by atoms with Crippen molar-refractivity contribution in [1.29, 1.82) is 0 Å². The van der Waals surface area contributed by atoms with E-state index in [9.17, 15) is 15.0 Å². The quantitative estimate of drug-likeness (QED) is 0.579. The standard InChI is InChI=1S/C19H20O7/c1-23-15-6-5-11(8-14(15)20)7-13(19(21)22)12-9-16(24-2)18(26-4)17(10-12)25-3/h5-10,20H,1-4H3,(H,21,22)/b13-7-. The highest BCUT2D eigenvalue weighted by molar-refractivity contribution is 6.20. The highest BCUT2D eigenvalue weighted by atomic mass is 16.5. The van der Waals surface area contributed by atoms with E-state index in [1.165, 1.54) is 40.6 Å². The zero-order valence-electron chi connectivity index (χ0n) is 14.9. The Morgan fingerprint density at radius 3 is 1.88 bits per heavy atom. The summed E-state index contributed by atoms with van der Waals surface area (Å²) in [5.74, 6) is 0.112. The number of ether oxygens (including phenoxy) is 4. The fourth-order valence-electron chi connectivity index (χ4n) is 2.47. The summed E-state index contributed by atoms with van der Waals surface area (Å²) in [6.45, 7) is 0. The van der Waals surface area contributed by atoms with Crippen molar-refractivity contribution in [3.05, 3.63) is 41.5 Å². The van der Waals surface area contributed by atoms with E-state index >= 15 is 0 Å². The molecule has 2 aromatic carbocycles. The van der Waals surface area contributed by atoms with Gasteiger partial charge in [0.1, 0.15) is 0 Å². The van der Waals surface area contributed by atoms with Crippen LogP contribution in [0.15, 0.2) is 30.3 Å². The number of aliphatic carboxylic acids is 1. The van der Waals surface area contributed by atoms with E-state index in [-0.39, 0.29) is 11.3 Å². The molecule has 0 amide bonds. The third-order valence-electron chi connectivity index (χ3n) is 3.72. The summed E-state index contributed by atoms with van der Waals surface area (Å²) >= 11 is 0. The Hall–Kier alpha value is -3.35. The molecular weight excluding hydrogens is 340 g/mol. The topological polar surface area (TPSA) is 94.5 Å². The van der Waals surface area contributed by atoms with Crippen molar-refractivity contribution in [3.8, 4) is 28.7 Å². The number of aromatic hydroxyl groups is 1. The molecule has 0 aromatic heterocycles. The molecule has 0 aliphatic rings. The predicted octanol–water partition coefficient (Wildman–Crippen LogP) is 3.05. The Labute approximate surface area is 151 Å². The lowest BCUT2D eigenvalue weighted by Gasteiger charge is -2.14. The molecule has 0 fully saturated rings. The molecule has 0 unspecified atom stereocenters. The van der Waals surface area contributed by atoms with Gasteiger partial charge in [0, 0.05) is 0 Å². The number of benzene rings is 2. The van der Waals surface area contributed by atoms with E-state index in [4.69, 9.17) is 18.9 Å². The maximum Gasteiger partial charge on any atom is 0.336 e. The van der Waals surface area contributed by atoms with E-state index in [1.54, 1.807) is 24.3 Å². The number of hydrogen-bond donors (Lipinski definition) is 2. The van der Waals surface area contributed by atoms with Gasteiger partial charge >= 0.3 is 5.97 Å². The molecule has 0 aliphatic heterocycles. The largest absolute Gasteiger partial charge is 0.504 e. The van der Waals surface area contributed by atoms with E-state index in [2.05, 4.69) is 0 Å². The minimum absolute atomic E-state index is 0.00572. The first-order chi connectivity index (χ1) is 12.4. The zero-order valence-corrected chi connectivity index (χ0v) is 14.9. The van der Waals surface area contributed by atoms with Gasteiger partial charge in [-0.2, -0.15) is 0 Å². The van der Waals surface area contributed by atoms with Gasteiger partial charge in [-0.05, 0) is 41.5 Å². The average Bonchev–Trinajstić information content (AvgIpc) is 2.64. The maximum absolute atomic E-state index is 11.8. The van der Waals surface area contributed by atoms with Gasteiger partial charge in [0.05, 0.1) is 34.0 Å². The zero-order chi connectivity index (χ0) is 19.3. The molecule has 0 radical (unpaired) electrons. The summed E-state index contributed by atoms with van der Waals surface area (Å²) in [6, 6.07) is 7.70. The van der Waals surface area contributed by atoms with Gasteiger partial charge in [0.15, 0.2) is 23.0 Å². The lowest BCUT2D eigenvalue weighted by Crippen LogP contribution is -2.02. The Kier molecular flexibility index (Phi) is 5.95. The van der Waals surface area contributed by atoms with Gasteiger partial charge < -0.3 is 29.2 Å². The number of carbonyl (C=O) groups is 1. The minimum atomic E-state index is -1.14. The molecule has 0 bridgehead atoms. The SMILES string of the molecule is COc1ccc(/C=C(\C(=O)O)c2cc(OC)c(OC)c(OC)c2)cc1O. The molecule has 0 aliphatic carbocycles. The van der Waals surface area contributed by atoms with Crippen LogP contribution in [0.5, 0.6) is 28.7 Å². The molecule has 7 heteroatoms. The van der Waals surface area contributed by atoms with E-state index < -0.39 is 5.97 Å². The number of rotatable bonds is 7. The molecule has 0 saturated heterocycles. The van der Waals surface area contributed by atoms with E-state index in [1.807, 2.05) is 0 Å². The molecule has 7 nitrogen and oxygen atoms in total. The van der Waals surface area contributed by atoms with Gasteiger partial charge in [-0.1, -0.05) is 6.07 Å². The molecule has 2 rings (SSSR count). The molecule has 138 valence electrons. The van der Waals surface area contributed by atoms with Crippen LogP contribution >= 0.6 is 0 Å². The van der Waals surface area contributed by atoms with Crippen LogP contribution in [-0.4, -0.2) is 44.6 Å². The third-order valence-corrected chi connectivity index (χ3v) is 3.72. The van der Waals surface area contributed by atoms with Gasteiger partial charge in [0.2, 0.25) is 5.75 Å². The van der Waals surface area contributed by atoms with E-state index in [0.29, 0.717) is 34.1 Å². The Morgan fingerprint density at radius 1 is 0.885 bits per heavy atom. The van der Waals surface area contributed by atoms with Crippen LogP contribution in [0.1, 0.15) is 11.1 Å². The van der Waals surface area contributed by atoms with Crippen LogP contribution < -0.4 is 18.9 Å². The fourth-order valence-corrected chi connectivity index (χ4v) is 2.47.